The molecule has 0 aliphatic rings. The highest BCUT2D eigenvalue weighted by molar-refractivity contribution is 5.80. The third-order valence-electron chi connectivity index (χ3n) is 3.04. The molecular weight excluding hydrogens is 210 g/mol. The van der Waals surface area contributed by atoms with Crippen LogP contribution in [0.15, 0.2) is 42.9 Å². The Morgan fingerprint density at radius 1 is 1.24 bits per heavy atom. The van der Waals surface area contributed by atoms with Crippen LogP contribution in [0.5, 0.6) is 0 Å². The molecular formula is C14H15N3. The van der Waals surface area contributed by atoms with Gasteiger partial charge in [-0.05, 0) is 30.0 Å². The number of hydrogen-bond acceptors (Lipinski definition) is 1. The van der Waals surface area contributed by atoms with E-state index in [1.807, 2.05) is 17.9 Å². The second-order valence-electron chi connectivity index (χ2n) is 4.53. The van der Waals surface area contributed by atoms with Crippen LogP contribution in [0.1, 0.15) is 11.1 Å². The maximum absolute atomic E-state index is 4.20. The van der Waals surface area contributed by atoms with Crippen LogP contribution >= 0.6 is 0 Å². The molecule has 0 atom stereocenters. The van der Waals surface area contributed by atoms with Crippen LogP contribution in [0, 0.1) is 6.92 Å². The Bertz CT molecular complexity index is 661. The van der Waals surface area contributed by atoms with E-state index in [1.54, 1.807) is 0 Å². The summed E-state index contributed by atoms with van der Waals surface area (Å²) in [5.74, 6) is 0. The van der Waals surface area contributed by atoms with Crippen molar-refractivity contribution in [2.45, 2.75) is 13.5 Å². The van der Waals surface area contributed by atoms with Crippen LogP contribution in [-0.4, -0.2) is 14.3 Å². The Labute approximate surface area is 100 Å². The first-order chi connectivity index (χ1) is 8.22. The van der Waals surface area contributed by atoms with E-state index in [9.17, 15) is 0 Å². The van der Waals surface area contributed by atoms with Crippen molar-refractivity contribution in [3.05, 3.63) is 54.0 Å². The zero-order valence-electron chi connectivity index (χ0n) is 10.1. The maximum Gasteiger partial charge on any atom is 0.0539 e. The summed E-state index contributed by atoms with van der Waals surface area (Å²) in [5, 5.41) is 5.49. The molecule has 0 saturated carbocycles. The molecule has 0 unspecified atom stereocenters. The lowest BCUT2D eigenvalue weighted by molar-refractivity contribution is 0.764. The van der Waals surface area contributed by atoms with Gasteiger partial charge in [0.1, 0.15) is 0 Å². The highest BCUT2D eigenvalue weighted by Crippen LogP contribution is 2.18. The lowest BCUT2D eigenvalue weighted by Gasteiger charge is -2.03. The van der Waals surface area contributed by atoms with Gasteiger partial charge in [-0.2, -0.15) is 5.10 Å². The van der Waals surface area contributed by atoms with Crippen LogP contribution in [0.2, 0.25) is 0 Å². The quantitative estimate of drug-likeness (QED) is 0.657. The number of aryl methyl sites for hydroxylation is 2. The fourth-order valence-corrected chi connectivity index (χ4v) is 2.18. The van der Waals surface area contributed by atoms with Crippen molar-refractivity contribution < 1.29 is 0 Å². The lowest BCUT2D eigenvalue weighted by Crippen LogP contribution is -1.96. The van der Waals surface area contributed by atoms with Crippen molar-refractivity contribution in [2.24, 2.45) is 7.05 Å². The van der Waals surface area contributed by atoms with E-state index in [-0.39, 0.29) is 0 Å². The molecule has 0 aliphatic carbocycles. The lowest BCUT2D eigenvalue weighted by atomic mass is 10.2. The van der Waals surface area contributed by atoms with Gasteiger partial charge in [0.25, 0.3) is 0 Å². The second kappa shape index (κ2) is 3.77. The number of benzene rings is 1. The molecule has 2 aromatic heterocycles. The average molecular weight is 225 g/mol. The SMILES string of the molecule is Cc1ccc2ccn(Cc3cnn(C)c3)c2c1. The fourth-order valence-electron chi connectivity index (χ4n) is 2.18. The van der Waals surface area contributed by atoms with Crippen molar-refractivity contribution >= 4 is 10.9 Å². The summed E-state index contributed by atoms with van der Waals surface area (Å²) in [6.07, 6.45) is 6.11. The Kier molecular flexibility index (Phi) is 2.25. The van der Waals surface area contributed by atoms with Gasteiger partial charge in [0.15, 0.2) is 0 Å². The van der Waals surface area contributed by atoms with Crippen molar-refractivity contribution in [1.29, 1.82) is 0 Å². The summed E-state index contributed by atoms with van der Waals surface area (Å²) in [6.45, 7) is 3.00. The van der Waals surface area contributed by atoms with Crippen molar-refractivity contribution in [3.63, 3.8) is 0 Å². The zero-order chi connectivity index (χ0) is 11.8. The van der Waals surface area contributed by atoms with Crippen LogP contribution in [0.25, 0.3) is 10.9 Å². The summed E-state index contributed by atoms with van der Waals surface area (Å²) in [7, 11) is 1.95. The molecule has 0 aliphatic heterocycles. The van der Waals surface area contributed by atoms with Gasteiger partial charge >= 0.3 is 0 Å². The van der Waals surface area contributed by atoms with Crippen LogP contribution in [0.4, 0.5) is 0 Å². The van der Waals surface area contributed by atoms with Gasteiger partial charge in [-0.25, -0.2) is 0 Å². The van der Waals surface area contributed by atoms with E-state index in [2.05, 4.69) is 53.2 Å². The number of hydrogen-bond donors (Lipinski definition) is 0. The first-order valence-electron chi connectivity index (χ1n) is 5.75. The number of rotatable bonds is 2. The van der Waals surface area contributed by atoms with E-state index >= 15 is 0 Å². The molecule has 17 heavy (non-hydrogen) atoms. The molecule has 2 heterocycles. The van der Waals surface area contributed by atoms with Crippen molar-refractivity contribution in [3.8, 4) is 0 Å². The van der Waals surface area contributed by atoms with E-state index in [4.69, 9.17) is 0 Å². The standard InChI is InChI=1S/C14H15N3/c1-11-3-4-13-5-6-17(14(13)7-11)10-12-8-15-16(2)9-12/h3-9H,10H2,1-2H3. The minimum Gasteiger partial charge on any atom is -0.343 e. The molecule has 0 spiro atoms. The molecule has 86 valence electrons. The van der Waals surface area contributed by atoms with Gasteiger partial charge in [0.2, 0.25) is 0 Å². The van der Waals surface area contributed by atoms with Gasteiger partial charge in [0, 0.05) is 30.5 Å². The van der Waals surface area contributed by atoms with Crippen LogP contribution in [-0.2, 0) is 13.6 Å². The Balaban J connectivity index is 2.03. The summed E-state index contributed by atoms with van der Waals surface area (Å²) in [6, 6.07) is 8.71. The van der Waals surface area contributed by atoms with Crippen LogP contribution < -0.4 is 0 Å². The first-order valence-corrected chi connectivity index (χ1v) is 5.75. The molecule has 0 fully saturated rings. The van der Waals surface area contributed by atoms with E-state index in [0.717, 1.165) is 6.54 Å². The molecule has 3 nitrogen and oxygen atoms in total. The van der Waals surface area contributed by atoms with Crippen molar-refractivity contribution in [2.75, 3.05) is 0 Å². The predicted molar refractivity (Wildman–Crippen MR) is 69.0 cm³/mol. The first kappa shape index (κ1) is 10.1. The van der Waals surface area contributed by atoms with Gasteiger partial charge in [-0.3, -0.25) is 4.68 Å². The Hall–Kier alpha value is -2.03. The highest BCUT2D eigenvalue weighted by Gasteiger charge is 2.03. The van der Waals surface area contributed by atoms with Gasteiger partial charge in [0.05, 0.1) is 12.7 Å². The van der Waals surface area contributed by atoms with Crippen molar-refractivity contribution in [1.82, 2.24) is 14.3 Å². The van der Waals surface area contributed by atoms with Gasteiger partial charge in [-0.15, -0.1) is 0 Å². The molecule has 0 saturated heterocycles. The van der Waals surface area contributed by atoms with Crippen LogP contribution in [0.3, 0.4) is 0 Å². The number of fused-ring (bicyclic) bond motifs is 1. The summed E-state index contributed by atoms with van der Waals surface area (Å²) >= 11 is 0. The minimum atomic E-state index is 0.876. The highest BCUT2D eigenvalue weighted by atomic mass is 15.2. The number of aromatic nitrogens is 3. The minimum absolute atomic E-state index is 0.876. The van der Waals surface area contributed by atoms with E-state index in [0.29, 0.717) is 0 Å². The normalized spacial score (nSPS) is 11.2. The molecule has 3 aromatic rings. The van der Waals surface area contributed by atoms with E-state index in [1.165, 1.54) is 22.0 Å². The predicted octanol–water partition coefficient (Wildman–Crippen LogP) is 2.73. The van der Waals surface area contributed by atoms with Gasteiger partial charge < -0.3 is 4.57 Å². The third kappa shape index (κ3) is 1.84. The molecule has 0 amide bonds. The number of nitrogens with zero attached hydrogens (tertiary/aromatic N) is 3. The monoisotopic (exact) mass is 225 g/mol. The second-order valence-corrected chi connectivity index (χ2v) is 4.53. The maximum atomic E-state index is 4.20. The Morgan fingerprint density at radius 2 is 2.12 bits per heavy atom. The molecule has 0 bridgehead atoms. The van der Waals surface area contributed by atoms with E-state index < -0.39 is 0 Å². The molecule has 3 rings (SSSR count). The molecule has 3 heteroatoms. The average Bonchev–Trinajstić information content (AvgIpc) is 2.87. The summed E-state index contributed by atoms with van der Waals surface area (Å²) in [5.41, 5.74) is 3.81. The zero-order valence-corrected chi connectivity index (χ0v) is 10.1. The summed E-state index contributed by atoms with van der Waals surface area (Å²) in [4.78, 5) is 0. The fraction of sp³-hybridized carbons (Fsp3) is 0.214. The topological polar surface area (TPSA) is 22.8 Å². The molecule has 1 aromatic carbocycles. The Morgan fingerprint density at radius 3 is 2.88 bits per heavy atom. The molecule has 0 radical (unpaired) electrons. The van der Waals surface area contributed by atoms with Gasteiger partial charge in [-0.1, -0.05) is 12.1 Å². The summed E-state index contributed by atoms with van der Waals surface area (Å²) < 4.78 is 4.10. The largest absolute Gasteiger partial charge is 0.343 e. The smallest absolute Gasteiger partial charge is 0.0539 e. The molecule has 0 N–H and O–H groups in total. The third-order valence-corrected chi connectivity index (χ3v) is 3.04.